The summed E-state index contributed by atoms with van der Waals surface area (Å²) in [5.41, 5.74) is 2.19. The Morgan fingerprint density at radius 2 is 1.48 bits per heavy atom. The quantitative estimate of drug-likeness (QED) is 0.424. The monoisotopic (exact) mass is 418 g/mol. The van der Waals surface area contributed by atoms with Crippen molar-refractivity contribution >= 4 is 25.5 Å². The second-order valence-corrected chi connectivity index (χ2v) is 8.25. The Kier molecular flexibility index (Phi) is 7.51. The van der Waals surface area contributed by atoms with Crippen molar-refractivity contribution in [3.05, 3.63) is 107 Å². The van der Waals surface area contributed by atoms with Crippen LogP contribution in [0.15, 0.2) is 95.5 Å². The molecular weight excluding hydrogens is 395 g/mol. The van der Waals surface area contributed by atoms with Crippen LogP contribution >= 0.6 is 0 Å². The SMILES string of the molecule is CCOC(C#Cc1ccccc1)/C(=C/c1ccccc1)[Se]c1ccccc1. The summed E-state index contributed by atoms with van der Waals surface area (Å²) in [4.78, 5) is 0. The zero-order valence-corrected chi connectivity index (χ0v) is 17.1. The molecule has 1 unspecified atom stereocenters. The van der Waals surface area contributed by atoms with Crippen LogP contribution < -0.4 is 4.46 Å². The fourth-order valence-electron chi connectivity index (χ4n) is 2.53. The molecule has 0 N–H and O–H groups in total. The van der Waals surface area contributed by atoms with Crippen LogP contribution in [0.3, 0.4) is 0 Å². The van der Waals surface area contributed by atoms with Crippen LogP contribution in [0.5, 0.6) is 0 Å². The molecule has 27 heavy (non-hydrogen) atoms. The molecule has 0 saturated carbocycles. The van der Waals surface area contributed by atoms with Crippen LogP contribution in [0.4, 0.5) is 0 Å². The Hall–Kier alpha value is -2.56. The van der Waals surface area contributed by atoms with E-state index in [4.69, 9.17) is 4.74 Å². The molecule has 0 bridgehead atoms. The first-order valence-electron chi connectivity index (χ1n) is 9.03. The normalized spacial score (nSPS) is 12.1. The van der Waals surface area contributed by atoms with Crippen molar-refractivity contribution in [3.63, 3.8) is 0 Å². The van der Waals surface area contributed by atoms with Gasteiger partial charge in [0.2, 0.25) is 0 Å². The van der Waals surface area contributed by atoms with Crippen LogP contribution in [0.25, 0.3) is 6.08 Å². The standard InChI is InChI=1S/C25H22OSe/c1-2-26-24(19-18-21-12-6-3-7-13-21)25(20-22-14-8-4-9-15-22)27-23-16-10-5-11-17-23/h3-17,20,24H,2H2,1H3/b25-20-. The third-order valence-corrected chi connectivity index (χ3v) is 6.06. The van der Waals surface area contributed by atoms with Crippen molar-refractivity contribution in [1.29, 1.82) is 0 Å². The first-order valence-corrected chi connectivity index (χ1v) is 10.7. The van der Waals surface area contributed by atoms with Gasteiger partial charge in [0.1, 0.15) is 0 Å². The Morgan fingerprint density at radius 3 is 2.11 bits per heavy atom. The first kappa shape index (κ1) is 19.2. The molecule has 0 aliphatic rings. The van der Waals surface area contributed by atoms with Gasteiger partial charge in [-0.05, 0) is 0 Å². The van der Waals surface area contributed by atoms with E-state index in [2.05, 4.69) is 72.5 Å². The van der Waals surface area contributed by atoms with E-state index in [0.717, 1.165) is 5.56 Å². The molecule has 2 heteroatoms. The zero-order chi connectivity index (χ0) is 18.7. The van der Waals surface area contributed by atoms with Gasteiger partial charge < -0.3 is 0 Å². The van der Waals surface area contributed by atoms with Crippen molar-refractivity contribution in [2.75, 3.05) is 6.61 Å². The molecule has 3 aromatic rings. The predicted molar refractivity (Wildman–Crippen MR) is 115 cm³/mol. The van der Waals surface area contributed by atoms with Crippen LogP contribution in [-0.4, -0.2) is 27.7 Å². The maximum absolute atomic E-state index is 6.04. The van der Waals surface area contributed by atoms with E-state index in [1.165, 1.54) is 14.5 Å². The summed E-state index contributed by atoms with van der Waals surface area (Å²) in [6.45, 7) is 2.65. The van der Waals surface area contributed by atoms with Gasteiger partial charge >= 0.3 is 168 Å². The van der Waals surface area contributed by atoms with E-state index in [1.807, 2.05) is 43.3 Å². The summed E-state index contributed by atoms with van der Waals surface area (Å²) >= 11 is 0.141. The van der Waals surface area contributed by atoms with E-state index in [0.29, 0.717) is 6.61 Å². The predicted octanol–water partition coefficient (Wildman–Crippen LogP) is 4.51. The fraction of sp³-hybridized carbons (Fsp3) is 0.120. The van der Waals surface area contributed by atoms with Gasteiger partial charge in [0.15, 0.2) is 0 Å². The zero-order valence-electron chi connectivity index (χ0n) is 15.3. The molecule has 1 atom stereocenters. The van der Waals surface area contributed by atoms with Crippen molar-refractivity contribution < 1.29 is 4.74 Å². The molecule has 3 aromatic carbocycles. The minimum absolute atomic E-state index is 0.141. The fourth-order valence-corrected chi connectivity index (χ4v) is 4.62. The molecule has 0 aliphatic heterocycles. The third kappa shape index (κ3) is 6.27. The van der Waals surface area contributed by atoms with Crippen LogP contribution in [0.1, 0.15) is 18.1 Å². The molecule has 0 fully saturated rings. The van der Waals surface area contributed by atoms with Gasteiger partial charge in [-0.15, -0.1) is 0 Å². The second kappa shape index (κ2) is 10.6. The Bertz CT molecular complexity index is 906. The molecular formula is C25H22OSe. The van der Waals surface area contributed by atoms with Gasteiger partial charge in [0.25, 0.3) is 0 Å². The van der Waals surface area contributed by atoms with E-state index in [-0.39, 0.29) is 21.1 Å². The summed E-state index contributed by atoms with van der Waals surface area (Å²) in [6.07, 6.45) is 2.02. The number of hydrogen-bond donors (Lipinski definition) is 0. The third-order valence-electron chi connectivity index (χ3n) is 3.80. The molecule has 134 valence electrons. The molecule has 0 spiro atoms. The van der Waals surface area contributed by atoms with Gasteiger partial charge in [-0.3, -0.25) is 0 Å². The maximum atomic E-state index is 6.04. The van der Waals surface area contributed by atoms with Gasteiger partial charge in [-0.2, -0.15) is 0 Å². The van der Waals surface area contributed by atoms with Gasteiger partial charge in [-0.1, -0.05) is 0 Å². The summed E-state index contributed by atoms with van der Waals surface area (Å²) in [7, 11) is 0. The molecule has 3 rings (SSSR count). The second-order valence-electron chi connectivity index (χ2n) is 5.84. The molecule has 0 saturated heterocycles. The Labute approximate surface area is 168 Å². The minimum atomic E-state index is -0.212. The Balaban J connectivity index is 1.95. The van der Waals surface area contributed by atoms with Crippen molar-refractivity contribution in [3.8, 4) is 11.8 Å². The summed E-state index contributed by atoms with van der Waals surface area (Å²) in [6, 6.07) is 31.0. The molecule has 1 nitrogen and oxygen atoms in total. The van der Waals surface area contributed by atoms with Gasteiger partial charge in [0, 0.05) is 0 Å². The van der Waals surface area contributed by atoms with E-state index in [9.17, 15) is 0 Å². The number of ether oxygens (including phenoxy) is 1. The Morgan fingerprint density at radius 1 is 0.889 bits per heavy atom. The number of rotatable bonds is 6. The molecule has 0 aliphatic carbocycles. The molecule has 0 amide bonds. The summed E-state index contributed by atoms with van der Waals surface area (Å²) in [5.74, 6) is 6.63. The van der Waals surface area contributed by atoms with Gasteiger partial charge in [-0.25, -0.2) is 0 Å². The average Bonchev–Trinajstić information content (AvgIpc) is 2.73. The van der Waals surface area contributed by atoms with Gasteiger partial charge in [0.05, 0.1) is 0 Å². The van der Waals surface area contributed by atoms with Crippen LogP contribution in [0, 0.1) is 11.8 Å². The van der Waals surface area contributed by atoms with Crippen molar-refractivity contribution in [1.82, 2.24) is 0 Å². The van der Waals surface area contributed by atoms with E-state index >= 15 is 0 Å². The van der Waals surface area contributed by atoms with Crippen LogP contribution in [0.2, 0.25) is 0 Å². The summed E-state index contributed by atoms with van der Waals surface area (Å²) in [5, 5.41) is 0. The first-order chi connectivity index (χ1) is 13.3. The number of benzene rings is 3. The molecule has 0 heterocycles. The van der Waals surface area contributed by atoms with Crippen molar-refractivity contribution in [2.45, 2.75) is 13.0 Å². The van der Waals surface area contributed by atoms with E-state index < -0.39 is 0 Å². The topological polar surface area (TPSA) is 9.23 Å². The number of hydrogen-bond acceptors (Lipinski definition) is 1. The molecule has 0 aromatic heterocycles. The molecule has 0 radical (unpaired) electrons. The van der Waals surface area contributed by atoms with Crippen LogP contribution in [-0.2, 0) is 4.74 Å². The average molecular weight is 417 g/mol. The summed E-state index contributed by atoms with van der Waals surface area (Å²) < 4.78 is 8.59. The van der Waals surface area contributed by atoms with Crippen molar-refractivity contribution in [2.24, 2.45) is 0 Å². The van der Waals surface area contributed by atoms with E-state index in [1.54, 1.807) is 0 Å².